The summed E-state index contributed by atoms with van der Waals surface area (Å²) in [6.07, 6.45) is 3.35. The van der Waals surface area contributed by atoms with Gasteiger partial charge in [-0.1, -0.05) is 30.3 Å². The molecule has 6 nitrogen and oxygen atoms in total. The van der Waals surface area contributed by atoms with Crippen LogP contribution in [0.25, 0.3) is 10.9 Å². The number of amides is 1. The lowest BCUT2D eigenvalue weighted by molar-refractivity contribution is -0.121. The molecular weight excluding hydrogens is 342 g/mol. The monoisotopic (exact) mass is 365 g/mol. The van der Waals surface area contributed by atoms with Gasteiger partial charge in [0.2, 0.25) is 11.3 Å². The van der Waals surface area contributed by atoms with Crippen LogP contribution in [0.2, 0.25) is 0 Å². The number of hydrogen-bond donors (Lipinski definition) is 1. The number of rotatable bonds is 9. The van der Waals surface area contributed by atoms with E-state index in [1.807, 2.05) is 48.5 Å². The first-order valence-electron chi connectivity index (χ1n) is 9.13. The zero-order valence-corrected chi connectivity index (χ0v) is 15.1. The van der Waals surface area contributed by atoms with Crippen LogP contribution >= 0.6 is 0 Å². The third kappa shape index (κ3) is 5.41. The van der Waals surface area contributed by atoms with Crippen molar-refractivity contribution in [1.29, 1.82) is 0 Å². The minimum Gasteiger partial charge on any atom is -0.494 e. The summed E-state index contributed by atoms with van der Waals surface area (Å²) in [5.41, 5.74) is 0.639. The number of aryl methyl sites for hydroxylation is 1. The molecule has 27 heavy (non-hydrogen) atoms. The molecule has 140 valence electrons. The van der Waals surface area contributed by atoms with Gasteiger partial charge in [-0.25, -0.2) is 0 Å². The van der Waals surface area contributed by atoms with Crippen LogP contribution in [0.3, 0.4) is 0 Å². The second-order valence-corrected chi connectivity index (χ2v) is 6.22. The van der Waals surface area contributed by atoms with Crippen molar-refractivity contribution < 1.29 is 9.53 Å². The Morgan fingerprint density at radius 3 is 2.67 bits per heavy atom. The molecule has 0 radical (unpaired) electrons. The van der Waals surface area contributed by atoms with E-state index in [0.29, 0.717) is 31.5 Å². The summed E-state index contributed by atoms with van der Waals surface area (Å²) >= 11 is 0. The van der Waals surface area contributed by atoms with E-state index in [2.05, 4.69) is 10.4 Å². The Hall–Kier alpha value is -3.15. The van der Waals surface area contributed by atoms with Gasteiger partial charge < -0.3 is 10.1 Å². The molecule has 6 heteroatoms. The van der Waals surface area contributed by atoms with Crippen LogP contribution in [0.15, 0.2) is 65.6 Å². The minimum atomic E-state index is -0.107. The van der Waals surface area contributed by atoms with E-state index >= 15 is 0 Å². The third-order valence-corrected chi connectivity index (χ3v) is 4.22. The van der Waals surface area contributed by atoms with Crippen molar-refractivity contribution in [1.82, 2.24) is 15.1 Å². The maximum Gasteiger partial charge on any atom is 0.221 e. The Bertz CT molecular complexity index is 938. The van der Waals surface area contributed by atoms with Gasteiger partial charge in [-0.3, -0.25) is 14.3 Å². The summed E-state index contributed by atoms with van der Waals surface area (Å²) in [5, 5.41) is 7.67. The van der Waals surface area contributed by atoms with Crippen molar-refractivity contribution in [2.45, 2.75) is 25.8 Å². The Kier molecular flexibility index (Phi) is 6.57. The maximum absolute atomic E-state index is 12.0. The number of hydrogen-bond acceptors (Lipinski definition) is 4. The number of ether oxygens (including phenoxy) is 1. The van der Waals surface area contributed by atoms with Gasteiger partial charge in [0, 0.05) is 18.4 Å². The Labute approximate surface area is 157 Å². The van der Waals surface area contributed by atoms with E-state index in [9.17, 15) is 9.59 Å². The van der Waals surface area contributed by atoms with Crippen molar-refractivity contribution >= 4 is 16.8 Å². The minimum absolute atomic E-state index is 0.0245. The fraction of sp³-hybridized carbons (Fsp3) is 0.286. The number of nitrogens with one attached hydrogen (secondary N) is 1. The molecule has 0 saturated heterocycles. The van der Waals surface area contributed by atoms with Gasteiger partial charge in [0.15, 0.2) is 0 Å². The van der Waals surface area contributed by atoms with Crippen molar-refractivity contribution in [2.75, 3.05) is 13.2 Å². The second kappa shape index (κ2) is 9.52. The zero-order valence-electron chi connectivity index (χ0n) is 15.1. The van der Waals surface area contributed by atoms with E-state index < -0.39 is 0 Å². The molecule has 0 unspecified atom stereocenters. The molecule has 0 atom stereocenters. The van der Waals surface area contributed by atoms with Gasteiger partial charge in [-0.2, -0.15) is 5.10 Å². The molecule has 1 heterocycles. The number of unbranched alkanes of at least 4 members (excludes halogenated alkanes) is 1. The Morgan fingerprint density at radius 2 is 1.81 bits per heavy atom. The lowest BCUT2D eigenvalue weighted by atomic mass is 10.2. The number of para-hydroxylation sites is 2. The van der Waals surface area contributed by atoms with Gasteiger partial charge in [0.1, 0.15) is 5.75 Å². The van der Waals surface area contributed by atoms with Crippen LogP contribution < -0.4 is 15.5 Å². The third-order valence-electron chi connectivity index (χ3n) is 4.22. The SMILES string of the molecule is O=C(CCn1ncc(=O)c2ccccc21)NCCCCOc1ccccc1. The summed E-state index contributed by atoms with van der Waals surface area (Å²) < 4.78 is 7.32. The quantitative estimate of drug-likeness (QED) is 0.592. The number of aromatic nitrogens is 2. The van der Waals surface area contributed by atoms with Crippen LogP contribution in [-0.4, -0.2) is 28.8 Å². The summed E-state index contributed by atoms with van der Waals surface area (Å²) in [6, 6.07) is 17.0. The first-order valence-corrected chi connectivity index (χ1v) is 9.13. The average Bonchev–Trinajstić information content (AvgIpc) is 2.71. The van der Waals surface area contributed by atoms with Gasteiger partial charge in [0.25, 0.3) is 0 Å². The predicted molar refractivity (Wildman–Crippen MR) is 105 cm³/mol. The highest BCUT2D eigenvalue weighted by Gasteiger charge is 2.06. The molecule has 1 aromatic heterocycles. The molecule has 0 spiro atoms. The smallest absolute Gasteiger partial charge is 0.221 e. The summed E-state index contributed by atoms with van der Waals surface area (Å²) in [5.74, 6) is 0.839. The molecule has 1 amide bonds. The number of benzene rings is 2. The lowest BCUT2D eigenvalue weighted by Gasteiger charge is -2.10. The Balaban J connectivity index is 1.37. The molecule has 0 aliphatic rings. The molecule has 1 N–H and O–H groups in total. The predicted octanol–water partition coefficient (Wildman–Crippen LogP) is 2.76. The van der Waals surface area contributed by atoms with E-state index in [1.165, 1.54) is 6.20 Å². The fourth-order valence-corrected chi connectivity index (χ4v) is 2.80. The van der Waals surface area contributed by atoms with Gasteiger partial charge in [-0.05, 0) is 37.1 Å². The largest absolute Gasteiger partial charge is 0.494 e. The normalized spacial score (nSPS) is 10.7. The first kappa shape index (κ1) is 18.6. The van der Waals surface area contributed by atoms with E-state index in [0.717, 1.165) is 24.1 Å². The topological polar surface area (TPSA) is 73.2 Å². The average molecular weight is 365 g/mol. The number of fused-ring (bicyclic) bond motifs is 1. The van der Waals surface area contributed by atoms with Crippen LogP contribution in [0, 0.1) is 0 Å². The zero-order chi connectivity index (χ0) is 18.9. The Morgan fingerprint density at radius 1 is 1.04 bits per heavy atom. The molecule has 0 fully saturated rings. The highest BCUT2D eigenvalue weighted by Crippen LogP contribution is 2.09. The molecule has 0 saturated carbocycles. The van der Waals surface area contributed by atoms with Crippen LogP contribution in [0.1, 0.15) is 19.3 Å². The van der Waals surface area contributed by atoms with Crippen molar-refractivity contribution in [2.24, 2.45) is 0 Å². The molecule has 3 aromatic rings. The van der Waals surface area contributed by atoms with Crippen LogP contribution in [-0.2, 0) is 11.3 Å². The van der Waals surface area contributed by atoms with Crippen molar-refractivity contribution in [3.8, 4) is 5.75 Å². The highest BCUT2D eigenvalue weighted by atomic mass is 16.5. The van der Waals surface area contributed by atoms with Gasteiger partial charge in [0.05, 0.1) is 24.9 Å². The summed E-state index contributed by atoms with van der Waals surface area (Å²) in [7, 11) is 0. The highest BCUT2D eigenvalue weighted by molar-refractivity contribution is 5.79. The molecule has 0 aliphatic carbocycles. The number of carbonyl (C=O) groups excluding carboxylic acids is 1. The lowest BCUT2D eigenvalue weighted by Crippen LogP contribution is -2.26. The number of carbonyl (C=O) groups is 1. The fourth-order valence-electron chi connectivity index (χ4n) is 2.80. The van der Waals surface area contributed by atoms with Crippen molar-refractivity contribution in [3.05, 3.63) is 71.0 Å². The van der Waals surface area contributed by atoms with E-state index in [1.54, 1.807) is 10.7 Å². The first-order chi connectivity index (χ1) is 13.2. The van der Waals surface area contributed by atoms with Crippen molar-refractivity contribution in [3.63, 3.8) is 0 Å². The molecule has 3 rings (SSSR count). The van der Waals surface area contributed by atoms with Gasteiger partial charge >= 0.3 is 0 Å². The molecule has 0 aliphatic heterocycles. The summed E-state index contributed by atoms with van der Waals surface area (Å²) in [4.78, 5) is 23.9. The van der Waals surface area contributed by atoms with E-state index in [4.69, 9.17) is 4.74 Å². The van der Waals surface area contributed by atoms with Crippen LogP contribution in [0.4, 0.5) is 0 Å². The molecule has 0 bridgehead atoms. The standard InChI is InChI=1S/C21H23N3O3/c25-20-16-23-24(19-11-5-4-10-18(19)20)14-12-21(26)22-13-6-7-15-27-17-8-2-1-3-9-17/h1-5,8-11,16H,6-7,12-15H2,(H,22,26). The molecule has 2 aromatic carbocycles. The van der Waals surface area contributed by atoms with Crippen LogP contribution in [0.5, 0.6) is 5.75 Å². The van der Waals surface area contributed by atoms with E-state index in [-0.39, 0.29) is 11.3 Å². The summed E-state index contributed by atoms with van der Waals surface area (Å²) in [6.45, 7) is 1.69. The van der Waals surface area contributed by atoms with Gasteiger partial charge in [-0.15, -0.1) is 0 Å². The second-order valence-electron chi connectivity index (χ2n) is 6.22. The molecular formula is C21H23N3O3. The number of nitrogens with zero attached hydrogens (tertiary/aromatic N) is 2. The maximum atomic E-state index is 12.0.